The van der Waals surface area contributed by atoms with Crippen LogP contribution in [-0.4, -0.2) is 0 Å². The van der Waals surface area contributed by atoms with Crippen LogP contribution in [0.15, 0.2) is 30.3 Å². The third-order valence-electron chi connectivity index (χ3n) is 3.81. The van der Waals surface area contributed by atoms with Crippen LogP contribution in [0.5, 0.6) is 0 Å². The molecule has 0 aromatic heterocycles. The minimum atomic E-state index is -0.0976. The van der Waals surface area contributed by atoms with Gasteiger partial charge in [-0.05, 0) is 67.5 Å². The fraction of sp³-hybridized carbons (Fsp3) is 0.333. The molecule has 0 bridgehead atoms. The highest BCUT2D eigenvalue weighted by atomic mass is 79.9. The Labute approximate surface area is 129 Å². The van der Waals surface area contributed by atoms with Crippen LogP contribution in [0.2, 0.25) is 0 Å². The molecule has 0 spiro atoms. The van der Waals surface area contributed by atoms with E-state index in [1.54, 1.807) is 0 Å². The predicted octanol–water partition coefficient (Wildman–Crippen LogP) is 5.74. The van der Waals surface area contributed by atoms with E-state index in [-0.39, 0.29) is 10.6 Å². The van der Waals surface area contributed by atoms with Gasteiger partial charge < -0.3 is 0 Å². The van der Waals surface area contributed by atoms with E-state index in [0.717, 1.165) is 12.0 Å². The SMILES string of the molecule is Cc1ccc(CC(Br)c2cc(C)c(F)c(C)c2)cc1C. The fourth-order valence-electron chi connectivity index (χ4n) is 2.42. The first-order valence-electron chi connectivity index (χ1n) is 6.85. The molecule has 1 unspecified atom stereocenters. The van der Waals surface area contributed by atoms with Crippen LogP contribution in [-0.2, 0) is 6.42 Å². The van der Waals surface area contributed by atoms with Crippen LogP contribution < -0.4 is 0 Å². The van der Waals surface area contributed by atoms with E-state index < -0.39 is 0 Å². The van der Waals surface area contributed by atoms with Crippen molar-refractivity contribution in [3.05, 3.63) is 69.5 Å². The molecule has 0 radical (unpaired) electrons. The van der Waals surface area contributed by atoms with Crippen LogP contribution in [0.4, 0.5) is 4.39 Å². The van der Waals surface area contributed by atoms with Crippen LogP contribution in [0.25, 0.3) is 0 Å². The molecule has 0 saturated carbocycles. The van der Waals surface area contributed by atoms with Gasteiger partial charge in [0.2, 0.25) is 0 Å². The van der Waals surface area contributed by atoms with Gasteiger partial charge in [0.15, 0.2) is 0 Å². The van der Waals surface area contributed by atoms with E-state index in [1.807, 2.05) is 26.0 Å². The smallest absolute Gasteiger partial charge is 0.129 e. The molecular formula is C18H20BrF. The predicted molar refractivity (Wildman–Crippen MR) is 87.2 cm³/mol. The Kier molecular flexibility index (Phi) is 4.64. The number of hydrogen-bond acceptors (Lipinski definition) is 0. The monoisotopic (exact) mass is 334 g/mol. The van der Waals surface area contributed by atoms with Crippen molar-refractivity contribution in [2.75, 3.05) is 0 Å². The molecule has 1 atom stereocenters. The third-order valence-corrected chi connectivity index (χ3v) is 4.66. The van der Waals surface area contributed by atoms with E-state index in [9.17, 15) is 4.39 Å². The summed E-state index contributed by atoms with van der Waals surface area (Å²) in [6.07, 6.45) is 0.908. The molecule has 0 nitrogen and oxygen atoms in total. The van der Waals surface area contributed by atoms with E-state index in [4.69, 9.17) is 0 Å². The van der Waals surface area contributed by atoms with Crippen molar-refractivity contribution in [1.82, 2.24) is 0 Å². The Morgan fingerprint density at radius 2 is 1.50 bits per heavy atom. The van der Waals surface area contributed by atoms with Crippen molar-refractivity contribution in [3.63, 3.8) is 0 Å². The minimum Gasteiger partial charge on any atom is -0.206 e. The van der Waals surface area contributed by atoms with E-state index >= 15 is 0 Å². The first-order valence-corrected chi connectivity index (χ1v) is 7.77. The first-order chi connectivity index (χ1) is 9.38. The van der Waals surface area contributed by atoms with E-state index in [1.165, 1.54) is 16.7 Å². The van der Waals surface area contributed by atoms with Crippen molar-refractivity contribution in [3.8, 4) is 0 Å². The number of rotatable bonds is 3. The van der Waals surface area contributed by atoms with Gasteiger partial charge in [0.1, 0.15) is 5.82 Å². The lowest BCUT2D eigenvalue weighted by Crippen LogP contribution is -1.99. The zero-order valence-corrected chi connectivity index (χ0v) is 14.0. The van der Waals surface area contributed by atoms with Gasteiger partial charge in [-0.2, -0.15) is 0 Å². The lowest BCUT2D eigenvalue weighted by molar-refractivity contribution is 0.608. The molecule has 20 heavy (non-hydrogen) atoms. The molecule has 0 amide bonds. The van der Waals surface area contributed by atoms with Gasteiger partial charge >= 0.3 is 0 Å². The maximum absolute atomic E-state index is 13.7. The molecule has 2 aromatic carbocycles. The van der Waals surface area contributed by atoms with Crippen molar-refractivity contribution < 1.29 is 4.39 Å². The summed E-state index contributed by atoms with van der Waals surface area (Å²) in [5.74, 6) is -0.0976. The summed E-state index contributed by atoms with van der Waals surface area (Å²) in [7, 11) is 0. The molecule has 106 valence electrons. The average Bonchev–Trinajstić information content (AvgIpc) is 2.39. The van der Waals surface area contributed by atoms with Gasteiger partial charge in [-0.25, -0.2) is 4.39 Å². The van der Waals surface area contributed by atoms with E-state index in [2.05, 4.69) is 48.0 Å². The minimum absolute atomic E-state index is 0.0976. The van der Waals surface area contributed by atoms with Gasteiger partial charge in [0.25, 0.3) is 0 Å². The number of hydrogen-bond donors (Lipinski definition) is 0. The maximum atomic E-state index is 13.7. The Bertz CT molecular complexity index is 608. The van der Waals surface area contributed by atoms with Gasteiger partial charge in [-0.15, -0.1) is 0 Å². The summed E-state index contributed by atoms with van der Waals surface area (Å²) >= 11 is 3.74. The van der Waals surface area contributed by atoms with Crippen molar-refractivity contribution in [2.45, 2.75) is 38.9 Å². The second-order valence-corrected chi connectivity index (χ2v) is 6.66. The average molecular weight is 335 g/mol. The summed E-state index contributed by atoms with van der Waals surface area (Å²) in [5, 5.41) is 0. The molecule has 0 heterocycles. The number of halogens is 2. The molecule has 0 aliphatic rings. The Balaban J connectivity index is 2.23. The Morgan fingerprint density at radius 1 is 0.900 bits per heavy atom. The maximum Gasteiger partial charge on any atom is 0.129 e. The summed E-state index contributed by atoms with van der Waals surface area (Å²) < 4.78 is 13.7. The number of aryl methyl sites for hydroxylation is 4. The molecule has 2 heteroatoms. The number of alkyl halides is 1. The highest BCUT2D eigenvalue weighted by Gasteiger charge is 2.12. The molecule has 0 fully saturated rings. The van der Waals surface area contributed by atoms with Crippen LogP contribution >= 0.6 is 15.9 Å². The number of benzene rings is 2. The van der Waals surface area contributed by atoms with Crippen LogP contribution in [0.1, 0.15) is 38.2 Å². The van der Waals surface area contributed by atoms with Crippen molar-refractivity contribution in [2.24, 2.45) is 0 Å². The van der Waals surface area contributed by atoms with Crippen molar-refractivity contribution >= 4 is 15.9 Å². The zero-order valence-electron chi connectivity index (χ0n) is 12.4. The van der Waals surface area contributed by atoms with Gasteiger partial charge in [-0.3, -0.25) is 0 Å². The molecule has 0 saturated heterocycles. The summed E-state index contributed by atoms with van der Waals surface area (Å²) in [6, 6.07) is 10.4. The molecule has 0 aliphatic carbocycles. The molecule has 2 aromatic rings. The highest BCUT2D eigenvalue weighted by molar-refractivity contribution is 9.09. The second-order valence-electron chi connectivity index (χ2n) is 5.56. The zero-order chi connectivity index (χ0) is 14.9. The van der Waals surface area contributed by atoms with Crippen molar-refractivity contribution in [1.29, 1.82) is 0 Å². The second kappa shape index (κ2) is 6.09. The largest absolute Gasteiger partial charge is 0.206 e. The first kappa shape index (κ1) is 15.2. The van der Waals surface area contributed by atoms with Crippen LogP contribution in [0, 0.1) is 33.5 Å². The normalized spacial score (nSPS) is 12.5. The Morgan fingerprint density at radius 3 is 2.05 bits per heavy atom. The third kappa shape index (κ3) is 3.29. The fourth-order valence-corrected chi connectivity index (χ4v) is 3.05. The summed E-state index contributed by atoms with van der Waals surface area (Å²) in [4.78, 5) is 0.211. The summed E-state index contributed by atoms with van der Waals surface area (Å²) in [6.45, 7) is 7.90. The topological polar surface area (TPSA) is 0 Å². The molecular weight excluding hydrogens is 315 g/mol. The molecule has 0 aliphatic heterocycles. The van der Waals surface area contributed by atoms with Gasteiger partial charge in [0, 0.05) is 4.83 Å². The molecule has 2 rings (SSSR count). The van der Waals surface area contributed by atoms with Gasteiger partial charge in [-0.1, -0.05) is 46.3 Å². The highest BCUT2D eigenvalue weighted by Crippen LogP contribution is 2.30. The van der Waals surface area contributed by atoms with Crippen LogP contribution in [0.3, 0.4) is 0 Å². The summed E-state index contributed by atoms with van der Waals surface area (Å²) in [5.41, 5.74) is 6.49. The lowest BCUT2D eigenvalue weighted by Gasteiger charge is -2.14. The van der Waals surface area contributed by atoms with Gasteiger partial charge in [0.05, 0.1) is 0 Å². The lowest BCUT2D eigenvalue weighted by atomic mass is 9.98. The standard InChI is InChI=1S/C18H20BrF/c1-11-5-6-15(7-12(11)2)10-17(19)16-8-13(3)18(20)14(4)9-16/h5-9,17H,10H2,1-4H3. The molecule has 0 N–H and O–H groups in total. The van der Waals surface area contributed by atoms with E-state index in [0.29, 0.717) is 11.1 Å². The quantitative estimate of drug-likeness (QED) is 0.628. The Hall–Kier alpha value is -1.15.